The van der Waals surface area contributed by atoms with Gasteiger partial charge in [0.05, 0.1) is 0 Å². The van der Waals surface area contributed by atoms with Crippen molar-refractivity contribution in [3.63, 3.8) is 0 Å². The third kappa shape index (κ3) is 2.27. The minimum absolute atomic E-state index is 0.470. The largest absolute Gasteiger partial charge is 0.245 e. The lowest BCUT2D eigenvalue weighted by molar-refractivity contribution is 0.641. The molecule has 0 bridgehead atoms. The van der Waals surface area contributed by atoms with Crippen LogP contribution in [0.4, 0.5) is 0 Å². The summed E-state index contributed by atoms with van der Waals surface area (Å²) in [6.45, 7) is 4.32. The summed E-state index contributed by atoms with van der Waals surface area (Å²) in [4.78, 5) is 8.59. The van der Waals surface area contributed by atoms with E-state index >= 15 is 0 Å². The Labute approximate surface area is 81.6 Å². The lowest BCUT2D eigenvalue weighted by atomic mass is 9.99. The zero-order chi connectivity index (χ0) is 8.97. The van der Waals surface area contributed by atoms with Gasteiger partial charge in [-0.1, -0.05) is 29.8 Å². The summed E-state index contributed by atoms with van der Waals surface area (Å²) < 4.78 is 0. The Kier molecular flexibility index (Phi) is 3.66. The van der Waals surface area contributed by atoms with Gasteiger partial charge in [-0.2, -0.15) is 0 Å². The van der Waals surface area contributed by atoms with Crippen LogP contribution in [-0.2, 0) is 0 Å². The van der Waals surface area contributed by atoms with E-state index in [2.05, 4.69) is 39.7 Å². The molecule has 0 spiro atoms. The number of hydrogen-bond donors (Lipinski definition) is 0. The second-order valence-corrected chi connectivity index (χ2v) is 4.27. The summed E-state index contributed by atoms with van der Waals surface area (Å²) in [6, 6.07) is 1.98. The fraction of sp³-hybridized carbons (Fsp3) is 0.556. The molecule has 12 heavy (non-hydrogen) atoms. The van der Waals surface area contributed by atoms with Crippen molar-refractivity contribution in [1.82, 2.24) is 9.97 Å². The molecule has 0 aliphatic carbocycles. The molecule has 1 aromatic rings. The molecule has 3 heteroatoms. The summed E-state index contributed by atoms with van der Waals surface area (Å²) in [7, 11) is 0. The fourth-order valence-corrected chi connectivity index (χ4v) is 1.93. The van der Waals surface area contributed by atoms with Crippen molar-refractivity contribution < 1.29 is 0 Å². The molecule has 0 N–H and O–H groups in total. The molecule has 0 saturated heterocycles. The molecule has 1 rings (SSSR count). The molecule has 0 aromatic carbocycles. The molecule has 0 aliphatic heterocycles. The lowest BCUT2D eigenvalue weighted by Crippen LogP contribution is -2.09. The highest BCUT2D eigenvalue weighted by atomic mass is 79.9. The van der Waals surface area contributed by atoms with Gasteiger partial charge in [0, 0.05) is 22.6 Å². The molecule has 1 heterocycles. The first-order chi connectivity index (χ1) is 5.75. The van der Waals surface area contributed by atoms with Gasteiger partial charge in [-0.25, -0.2) is 9.97 Å². The highest BCUT2D eigenvalue weighted by Gasteiger charge is 2.15. The molecule has 2 nitrogen and oxygen atoms in total. The second kappa shape index (κ2) is 4.55. The topological polar surface area (TPSA) is 25.8 Å². The van der Waals surface area contributed by atoms with Gasteiger partial charge in [0.2, 0.25) is 0 Å². The van der Waals surface area contributed by atoms with E-state index in [1.54, 1.807) is 12.5 Å². The number of alkyl halides is 1. The third-order valence-electron chi connectivity index (χ3n) is 1.98. The summed E-state index contributed by atoms with van der Waals surface area (Å²) in [5.74, 6) is 0.494. The van der Waals surface area contributed by atoms with Crippen LogP contribution in [-0.4, -0.2) is 14.8 Å². The van der Waals surface area contributed by atoms with Crippen LogP contribution < -0.4 is 0 Å². The van der Waals surface area contributed by atoms with Gasteiger partial charge in [-0.3, -0.25) is 0 Å². The maximum atomic E-state index is 4.23. The van der Waals surface area contributed by atoms with Crippen LogP contribution in [0.1, 0.15) is 31.9 Å². The van der Waals surface area contributed by atoms with Crippen molar-refractivity contribution in [3.8, 4) is 0 Å². The van der Waals surface area contributed by atoms with Gasteiger partial charge >= 0.3 is 0 Å². The van der Waals surface area contributed by atoms with E-state index in [1.165, 1.54) is 0 Å². The predicted molar refractivity (Wildman–Crippen MR) is 53.5 cm³/mol. The highest BCUT2D eigenvalue weighted by Crippen LogP contribution is 2.25. The third-order valence-corrected chi connectivity index (χ3v) is 2.62. The molecular formula is C9H13BrN2. The fourth-order valence-electron chi connectivity index (χ4n) is 1.29. The Morgan fingerprint density at radius 1 is 1.58 bits per heavy atom. The van der Waals surface area contributed by atoms with Gasteiger partial charge < -0.3 is 0 Å². The van der Waals surface area contributed by atoms with Crippen molar-refractivity contribution in [2.75, 3.05) is 0 Å². The van der Waals surface area contributed by atoms with E-state index in [1.807, 2.05) is 6.07 Å². The smallest absolute Gasteiger partial charge is 0.115 e. The van der Waals surface area contributed by atoms with Crippen LogP contribution in [0.3, 0.4) is 0 Å². The Bertz CT molecular complexity index is 223. The number of halogens is 1. The quantitative estimate of drug-likeness (QED) is 0.744. The number of rotatable bonds is 3. The SMILES string of the molecule is CCC(c1ccncn1)C(C)Br. The highest BCUT2D eigenvalue weighted by molar-refractivity contribution is 9.09. The molecule has 0 aliphatic rings. The minimum atomic E-state index is 0.470. The monoisotopic (exact) mass is 228 g/mol. The van der Waals surface area contributed by atoms with E-state index < -0.39 is 0 Å². The molecule has 2 unspecified atom stereocenters. The Balaban J connectivity index is 2.80. The van der Waals surface area contributed by atoms with Crippen molar-refractivity contribution in [3.05, 3.63) is 24.3 Å². The number of hydrogen-bond acceptors (Lipinski definition) is 2. The molecule has 2 atom stereocenters. The van der Waals surface area contributed by atoms with E-state index in [4.69, 9.17) is 0 Å². The van der Waals surface area contributed by atoms with E-state index in [-0.39, 0.29) is 0 Å². The molecular weight excluding hydrogens is 216 g/mol. The van der Waals surface area contributed by atoms with Gasteiger partial charge in [-0.15, -0.1) is 0 Å². The maximum absolute atomic E-state index is 4.23. The first kappa shape index (κ1) is 9.65. The average molecular weight is 229 g/mol. The first-order valence-electron chi connectivity index (χ1n) is 4.15. The zero-order valence-electron chi connectivity index (χ0n) is 7.37. The molecule has 0 fully saturated rings. The maximum Gasteiger partial charge on any atom is 0.115 e. The summed E-state index contributed by atoms with van der Waals surface area (Å²) in [5, 5.41) is 0. The van der Waals surface area contributed by atoms with Crippen LogP contribution >= 0.6 is 15.9 Å². The van der Waals surface area contributed by atoms with Gasteiger partial charge in [0.1, 0.15) is 6.33 Å². The first-order valence-corrected chi connectivity index (χ1v) is 5.07. The Morgan fingerprint density at radius 3 is 2.75 bits per heavy atom. The predicted octanol–water partition coefficient (Wildman–Crippen LogP) is 2.75. The zero-order valence-corrected chi connectivity index (χ0v) is 8.95. The van der Waals surface area contributed by atoms with E-state index in [0.29, 0.717) is 10.7 Å². The van der Waals surface area contributed by atoms with Crippen LogP contribution in [0.25, 0.3) is 0 Å². The average Bonchev–Trinajstić information content (AvgIpc) is 2.07. The number of nitrogens with zero attached hydrogens (tertiary/aromatic N) is 2. The normalized spacial score (nSPS) is 15.6. The molecule has 0 saturated carbocycles. The van der Waals surface area contributed by atoms with Crippen LogP contribution in [0.15, 0.2) is 18.6 Å². The van der Waals surface area contributed by atoms with Crippen molar-refractivity contribution in [1.29, 1.82) is 0 Å². The molecule has 1 aromatic heterocycles. The lowest BCUT2D eigenvalue weighted by Gasteiger charge is -2.15. The summed E-state index contributed by atoms with van der Waals surface area (Å²) in [5.41, 5.74) is 1.12. The van der Waals surface area contributed by atoms with Crippen molar-refractivity contribution in [2.24, 2.45) is 0 Å². The number of aromatic nitrogens is 2. The van der Waals surface area contributed by atoms with Gasteiger partial charge in [0.25, 0.3) is 0 Å². The second-order valence-electron chi connectivity index (χ2n) is 2.83. The van der Waals surface area contributed by atoms with Crippen LogP contribution in [0.5, 0.6) is 0 Å². The van der Waals surface area contributed by atoms with E-state index in [0.717, 1.165) is 12.1 Å². The van der Waals surface area contributed by atoms with Gasteiger partial charge in [-0.05, 0) is 12.5 Å². The standard InChI is InChI=1S/C9H13BrN2/c1-3-8(7(2)10)9-4-5-11-6-12-9/h4-8H,3H2,1-2H3. The van der Waals surface area contributed by atoms with Crippen LogP contribution in [0, 0.1) is 0 Å². The molecule has 66 valence electrons. The Hall–Kier alpha value is -0.440. The molecule has 0 radical (unpaired) electrons. The Morgan fingerprint density at radius 2 is 2.33 bits per heavy atom. The van der Waals surface area contributed by atoms with Crippen molar-refractivity contribution >= 4 is 15.9 Å². The summed E-state index contributed by atoms with van der Waals surface area (Å²) in [6.07, 6.45) is 4.50. The van der Waals surface area contributed by atoms with E-state index in [9.17, 15) is 0 Å². The summed E-state index contributed by atoms with van der Waals surface area (Å²) >= 11 is 3.58. The van der Waals surface area contributed by atoms with Crippen molar-refractivity contribution in [2.45, 2.75) is 31.0 Å². The van der Waals surface area contributed by atoms with Crippen LogP contribution in [0.2, 0.25) is 0 Å². The minimum Gasteiger partial charge on any atom is -0.245 e. The van der Waals surface area contributed by atoms with Gasteiger partial charge in [0.15, 0.2) is 0 Å². The molecule has 0 amide bonds.